The minimum absolute atomic E-state index is 0. The number of ether oxygens (including phenoxy) is 2. The van der Waals surface area contributed by atoms with Crippen LogP contribution in [-0.4, -0.2) is 58.4 Å². The number of methoxy groups -OCH3 is 1. The van der Waals surface area contributed by atoms with Gasteiger partial charge in [-0.05, 0) is 25.5 Å². The highest BCUT2D eigenvalue weighted by molar-refractivity contribution is 14.0. The number of anilines is 1. The van der Waals surface area contributed by atoms with Crippen molar-refractivity contribution in [3.05, 3.63) is 29.6 Å². The zero-order chi connectivity index (χ0) is 20.1. The standard InChI is InChI=1S/C17H25F3N4O3.HI/c1-3-21-17(22-7-4-8-27-10-9-26-2)23-11-14(25)24-13-6-5-12(18)15(19)16(13)20;/h5-6H,3-4,7-11H2,1-2H3,(H,24,25)(H2,21,22,23);1H. The van der Waals surface area contributed by atoms with E-state index >= 15 is 0 Å². The molecule has 0 unspecified atom stereocenters. The molecule has 0 saturated carbocycles. The maximum Gasteiger partial charge on any atom is 0.246 e. The summed E-state index contributed by atoms with van der Waals surface area (Å²) in [6, 6.07) is 1.68. The molecule has 0 fully saturated rings. The van der Waals surface area contributed by atoms with E-state index in [0.29, 0.717) is 38.9 Å². The van der Waals surface area contributed by atoms with E-state index in [0.717, 1.165) is 18.6 Å². The molecule has 0 aliphatic heterocycles. The average molecular weight is 518 g/mol. The van der Waals surface area contributed by atoms with E-state index < -0.39 is 29.0 Å². The van der Waals surface area contributed by atoms with E-state index in [9.17, 15) is 18.0 Å². The van der Waals surface area contributed by atoms with E-state index in [4.69, 9.17) is 9.47 Å². The second kappa shape index (κ2) is 15.3. The Morgan fingerprint density at radius 3 is 2.54 bits per heavy atom. The number of aliphatic imine (C=N–C) groups is 1. The quantitative estimate of drug-likeness (QED) is 0.138. The third-order valence-corrected chi connectivity index (χ3v) is 3.22. The Morgan fingerprint density at radius 2 is 1.86 bits per heavy atom. The predicted molar refractivity (Wildman–Crippen MR) is 112 cm³/mol. The van der Waals surface area contributed by atoms with E-state index in [2.05, 4.69) is 20.9 Å². The number of guanidine groups is 1. The van der Waals surface area contributed by atoms with Crippen molar-refractivity contribution < 1.29 is 27.4 Å². The molecule has 7 nitrogen and oxygen atoms in total. The minimum Gasteiger partial charge on any atom is -0.382 e. The van der Waals surface area contributed by atoms with Crippen LogP contribution in [0.5, 0.6) is 0 Å². The number of benzene rings is 1. The Kier molecular flexibility index (Phi) is 14.5. The highest BCUT2D eigenvalue weighted by Crippen LogP contribution is 2.19. The van der Waals surface area contributed by atoms with Gasteiger partial charge in [-0.15, -0.1) is 24.0 Å². The van der Waals surface area contributed by atoms with Crippen molar-refractivity contribution in [1.29, 1.82) is 0 Å². The molecule has 28 heavy (non-hydrogen) atoms. The fraction of sp³-hybridized carbons (Fsp3) is 0.529. The topological polar surface area (TPSA) is 84.0 Å². The summed E-state index contributed by atoms with van der Waals surface area (Å²) in [7, 11) is 1.60. The minimum atomic E-state index is -1.64. The Morgan fingerprint density at radius 1 is 1.11 bits per heavy atom. The number of hydrogen-bond donors (Lipinski definition) is 3. The molecule has 0 atom stereocenters. The second-order valence-electron chi connectivity index (χ2n) is 5.35. The molecule has 0 spiro atoms. The molecule has 1 aromatic rings. The molecule has 1 amide bonds. The molecule has 0 saturated heterocycles. The van der Waals surface area contributed by atoms with Crippen molar-refractivity contribution in [3.8, 4) is 0 Å². The molecule has 0 aromatic heterocycles. The lowest BCUT2D eigenvalue weighted by molar-refractivity contribution is -0.114. The number of carbonyl (C=O) groups is 1. The lowest BCUT2D eigenvalue weighted by atomic mass is 10.3. The number of nitrogens with zero attached hydrogens (tertiary/aromatic N) is 1. The lowest BCUT2D eigenvalue weighted by Crippen LogP contribution is -2.38. The van der Waals surface area contributed by atoms with Gasteiger partial charge in [0.1, 0.15) is 6.54 Å². The van der Waals surface area contributed by atoms with Gasteiger partial charge in [0.05, 0.1) is 18.9 Å². The van der Waals surface area contributed by atoms with Gasteiger partial charge in [0.25, 0.3) is 0 Å². The Balaban J connectivity index is 0.00000729. The Hall–Kier alpha value is -1.60. The number of nitrogens with one attached hydrogen (secondary N) is 3. The van der Waals surface area contributed by atoms with Crippen LogP contribution in [0.25, 0.3) is 0 Å². The van der Waals surface area contributed by atoms with Gasteiger partial charge in [-0.2, -0.15) is 0 Å². The van der Waals surface area contributed by atoms with Gasteiger partial charge in [-0.25, -0.2) is 18.2 Å². The lowest BCUT2D eigenvalue weighted by Gasteiger charge is -2.11. The van der Waals surface area contributed by atoms with Gasteiger partial charge in [-0.1, -0.05) is 0 Å². The fourth-order valence-electron chi connectivity index (χ4n) is 1.93. The van der Waals surface area contributed by atoms with E-state index in [1.807, 2.05) is 6.92 Å². The summed E-state index contributed by atoms with van der Waals surface area (Å²) in [5.74, 6) is -4.69. The van der Waals surface area contributed by atoms with Gasteiger partial charge in [-0.3, -0.25) is 4.79 Å². The maximum absolute atomic E-state index is 13.5. The summed E-state index contributed by atoms with van der Waals surface area (Å²) in [6.07, 6.45) is 0.723. The number of hydrogen-bond acceptors (Lipinski definition) is 4. The highest BCUT2D eigenvalue weighted by atomic mass is 127. The number of carbonyl (C=O) groups excluding carboxylic acids is 1. The predicted octanol–water partition coefficient (Wildman–Crippen LogP) is 2.27. The smallest absolute Gasteiger partial charge is 0.246 e. The van der Waals surface area contributed by atoms with Gasteiger partial charge < -0.3 is 25.4 Å². The molecular weight excluding hydrogens is 492 g/mol. The van der Waals surface area contributed by atoms with Crippen molar-refractivity contribution >= 4 is 41.5 Å². The van der Waals surface area contributed by atoms with Crippen molar-refractivity contribution in [2.75, 3.05) is 51.9 Å². The zero-order valence-electron chi connectivity index (χ0n) is 15.8. The SMILES string of the molecule is CCNC(=NCC(=O)Nc1ccc(F)c(F)c1F)NCCCOCCOC.I. The third-order valence-electron chi connectivity index (χ3n) is 3.22. The summed E-state index contributed by atoms with van der Waals surface area (Å²) in [6.45, 7) is 4.29. The van der Waals surface area contributed by atoms with Crippen LogP contribution in [0, 0.1) is 17.5 Å². The first-order chi connectivity index (χ1) is 13.0. The largest absolute Gasteiger partial charge is 0.382 e. The molecule has 0 radical (unpaired) electrons. The molecule has 11 heteroatoms. The first kappa shape index (κ1) is 26.4. The van der Waals surface area contributed by atoms with Gasteiger partial charge in [0.2, 0.25) is 5.91 Å². The van der Waals surface area contributed by atoms with Crippen LogP contribution in [0.4, 0.5) is 18.9 Å². The Bertz CT molecular complexity index is 636. The fourth-order valence-corrected chi connectivity index (χ4v) is 1.93. The molecule has 0 aliphatic rings. The summed E-state index contributed by atoms with van der Waals surface area (Å²) in [5, 5.41) is 8.13. The Labute approximate surface area is 179 Å². The van der Waals surface area contributed by atoms with Gasteiger partial charge in [0, 0.05) is 26.8 Å². The maximum atomic E-state index is 13.5. The van der Waals surface area contributed by atoms with E-state index in [1.165, 1.54) is 0 Å². The highest BCUT2D eigenvalue weighted by Gasteiger charge is 2.15. The molecule has 0 bridgehead atoms. The van der Waals surface area contributed by atoms with Crippen molar-refractivity contribution in [2.24, 2.45) is 4.99 Å². The van der Waals surface area contributed by atoms with Gasteiger partial charge in [0.15, 0.2) is 23.4 Å². The molecule has 0 heterocycles. The van der Waals surface area contributed by atoms with Crippen LogP contribution in [-0.2, 0) is 14.3 Å². The summed E-state index contributed by atoms with van der Waals surface area (Å²) in [5.41, 5.74) is -0.444. The molecule has 1 rings (SSSR count). The third kappa shape index (κ3) is 10.1. The summed E-state index contributed by atoms with van der Waals surface area (Å²) in [4.78, 5) is 15.9. The van der Waals surface area contributed by atoms with Crippen LogP contribution in [0.15, 0.2) is 17.1 Å². The number of rotatable bonds is 11. The molecular formula is C17H26F3IN4O3. The molecule has 0 aliphatic carbocycles. The first-order valence-electron chi connectivity index (χ1n) is 8.51. The van der Waals surface area contributed by atoms with Crippen LogP contribution in [0.3, 0.4) is 0 Å². The van der Waals surface area contributed by atoms with Crippen LogP contribution >= 0.6 is 24.0 Å². The van der Waals surface area contributed by atoms with E-state index in [1.54, 1.807) is 7.11 Å². The van der Waals surface area contributed by atoms with Crippen molar-refractivity contribution in [1.82, 2.24) is 10.6 Å². The summed E-state index contributed by atoms with van der Waals surface area (Å²) < 4.78 is 49.8. The zero-order valence-corrected chi connectivity index (χ0v) is 18.1. The van der Waals surface area contributed by atoms with Crippen molar-refractivity contribution in [2.45, 2.75) is 13.3 Å². The van der Waals surface area contributed by atoms with Crippen LogP contribution in [0.1, 0.15) is 13.3 Å². The summed E-state index contributed by atoms with van der Waals surface area (Å²) >= 11 is 0. The number of amides is 1. The first-order valence-corrected chi connectivity index (χ1v) is 8.51. The van der Waals surface area contributed by atoms with E-state index in [-0.39, 0.29) is 30.5 Å². The average Bonchev–Trinajstić information content (AvgIpc) is 2.65. The molecule has 160 valence electrons. The van der Waals surface area contributed by atoms with Crippen LogP contribution < -0.4 is 16.0 Å². The van der Waals surface area contributed by atoms with Crippen LogP contribution in [0.2, 0.25) is 0 Å². The second-order valence-corrected chi connectivity index (χ2v) is 5.35. The van der Waals surface area contributed by atoms with Crippen molar-refractivity contribution in [3.63, 3.8) is 0 Å². The monoisotopic (exact) mass is 518 g/mol. The molecule has 1 aromatic carbocycles. The molecule has 3 N–H and O–H groups in total. The normalized spacial score (nSPS) is 11.0. The number of halogens is 4. The van der Waals surface area contributed by atoms with Gasteiger partial charge >= 0.3 is 0 Å².